The lowest BCUT2D eigenvalue weighted by molar-refractivity contribution is -0.144. The normalized spacial score (nSPS) is 19.4. The predicted octanol–water partition coefficient (Wildman–Crippen LogP) is 3.31. The second-order valence-electron chi connectivity index (χ2n) is 5.50. The van der Waals surface area contributed by atoms with Crippen molar-refractivity contribution < 1.29 is 9.90 Å². The molecule has 0 radical (unpaired) electrons. The molecule has 110 valence electrons. The maximum absolute atomic E-state index is 11.5. The molecule has 20 heavy (non-hydrogen) atoms. The van der Waals surface area contributed by atoms with Gasteiger partial charge < -0.3 is 5.11 Å². The van der Waals surface area contributed by atoms with Gasteiger partial charge in [-0.15, -0.1) is 11.8 Å². The number of thioether (sulfide) groups is 1. The molecule has 1 aromatic heterocycles. The molecule has 1 aliphatic rings. The number of pyridine rings is 1. The molecule has 2 unspecified atom stereocenters. The second-order valence-corrected chi connectivity index (χ2v) is 7.88. The van der Waals surface area contributed by atoms with Crippen molar-refractivity contribution in [2.24, 2.45) is 0 Å². The van der Waals surface area contributed by atoms with Gasteiger partial charge in [-0.1, -0.05) is 6.92 Å². The van der Waals surface area contributed by atoms with Crippen molar-refractivity contribution in [3.8, 4) is 0 Å². The lowest BCUT2D eigenvalue weighted by Crippen LogP contribution is -2.51. The van der Waals surface area contributed by atoms with E-state index in [0.717, 1.165) is 22.3 Å². The van der Waals surface area contributed by atoms with Crippen LogP contribution in [0, 0.1) is 0 Å². The Kier molecular flexibility index (Phi) is 5.09. The summed E-state index contributed by atoms with van der Waals surface area (Å²) in [6.45, 7) is 3.82. The van der Waals surface area contributed by atoms with E-state index in [0.29, 0.717) is 12.5 Å². The number of carbonyl (C=O) groups is 1. The average molecular weight is 359 g/mol. The van der Waals surface area contributed by atoms with Crippen LogP contribution in [0.4, 0.5) is 0 Å². The summed E-state index contributed by atoms with van der Waals surface area (Å²) in [5, 5.41) is 13.8. The summed E-state index contributed by atoms with van der Waals surface area (Å²) in [6, 6.07) is 4.26. The lowest BCUT2D eigenvalue weighted by atomic mass is 9.96. The Morgan fingerprint density at radius 2 is 2.35 bits per heavy atom. The lowest BCUT2D eigenvalue weighted by Gasteiger charge is -2.29. The topological polar surface area (TPSA) is 62.2 Å². The molecule has 1 aromatic rings. The second kappa shape index (κ2) is 6.45. The Bertz CT molecular complexity index is 479. The smallest absolute Gasteiger partial charge is 0.323 e. The summed E-state index contributed by atoms with van der Waals surface area (Å²) in [5.41, 5.74) is -0.858. The highest BCUT2D eigenvalue weighted by Gasteiger charge is 2.39. The zero-order chi connectivity index (χ0) is 14.8. The van der Waals surface area contributed by atoms with Crippen LogP contribution < -0.4 is 5.32 Å². The first-order chi connectivity index (χ1) is 9.39. The van der Waals surface area contributed by atoms with Crippen molar-refractivity contribution in [2.45, 2.75) is 55.0 Å². The molecule has 0 amide bonds. The number of rotatable bonds is 7. The molecule has 0 aromatic carbocycles. The van der Waals surface area contributed by atoms with Gasteiger partial charge in [0.2, 0.25) is 0 Å². The van der Waals surface area contributed by atoms with Gasteiger partial charge in [-0.25, -0.2) is 4.98 Å². The zero-order valence-electron chi connectivity index (χ0n) is 11.6. The number of nitrogens with one attached hydrogen (secondary N) is 1. The SMILES string of the molecule is CC(CC(C)(NC1CC1)C(=O)O)Sc1ccc(Br)cn1. The van der Waals surface area contributed by atoms with Gasteiger partial charge in [0.25, 0.3) is 0 Å². The van der Waals surface area contributed by atoms with Gasteiger partial charge in [0.05, 0.1) is 5.03 Å². The molecule has 2 rings (SSSR count). The molecule has 1 heterocycles. The summed E-state index contributed by atoms with van der Waals surface area (Å²) in [5.74, 6) is -0.777. The fourth-order valence-electron chi connectivity index (χ4n) is 2.14. The quantitative estimate of drug-likeness (QED) is 0.732. The minimum absolute atomic E-state index is 0.177. The summed E-state index contributed by atoms with van der Waals surface area (Å²) in [6.07, 6.45) is 4.49. The Morgan fingerprint density at radius 3 is 2.85 bits per heavy atom. The third-order valence-electron chi connectivity index (χ3n) is 3.29. The Hall–Kier alpha value is -0.590. The molecule has 0 bridgehead atoms. The van der Waals surface area contributed by atoms with Gasteiger partial charge in [-0.2, -0.15) is 0 Å². The van der Waals surface area contributed by atoms with Crippen LogP contribution in [0.25, 0.3) is 0 Å². The van der Waals surface area contributed by atoms with Crippen molar-refractivity contribution in [3.63, 3.8) is 0 Å². The van der Waals surface area contributed by atoms with E-state index in [-0.39, 0.29) is 5.25 Å². The van der Waals surface area contributed by atoms with Crippen molar-refractivity contribution in [1.29, 1.82) is 0 Å². The van der Waals surface area contributed by atoms with Crippen molar-refractivity contribution in [3.05, 3.63) is 22.8 Å². The molecule has 2 atom stereocenters. The number of aliphatic carboxylic acids is 1. The summed E-state index contributed by atoms with van der Waals surface area (Å²) in [4.78, 5) is 15.8. The van der Waals surface area contributed by atoms with Gasteiger partial charge in [-0.05, 0) is 54.2 Å². The van der Waals surface area contributed by atoms with E-state index in [2.05, 4.69) is 26.2 Å². The van der Waals surface area contributed by atoms with Crippen LogP contribution in [0.5, 0.6) is 0 Å². The first-order valence-electron chi connectivity index (χ1n) is 6.68. The highest BCUT2D eigenvalue weighted by Crippen LogP contribution is 2.31. The van der Waals surface area contributed by atoms with Gasteiger partial charge in [-0.3, -0.25) is 10.1 Å². The highest BCUT2D eigenvalue weighted by atomic mass is 79.9. The molecule has 6 heteroatoms. The van der Waals surface area contributed by atoms with E-state index in [4.69, 9.17) is 0 Å². The molecular weight excluding hydrogens is 340 g/mol. The van der Waals surface area contributed by atoms with E-state index in [9.17, 15) is 9.90 Å². The third-order valence-corrected chi connectivity index (χ3v) is 4.81. The number of hydrogen-bond acceptors (Lipinski definition) is 4. The minimum Gasteiger partial charge on any atom is -0.480 e. The maximum atomic E-state index is 11.5. The minimum atomic E-state index is -0.858. The van der Waals surface area contributed by atoms with Crippen molar-refractivity contribution in [2.75, 3.05) is 0 Å². The van der Waals surface area contributed by atoms with E-state index >= 15 is 0 Å². The fourth-order valence-corrected chi connectivity index (χ4v) is 3.46. The van der Waals surface area contributed by atoms with E-state index in [1.54, 1.807) is 24.9 Å². The van der Waals surface area contributed by atoms with Crippen LogP contribution in [0.3, 0.4) is 0 Å². The fraction of sp³-hybridized carbons (Fsp3) is 0.571. The van der Waals surface area contributed by atoms with Crippen molar-refractivity contribution >= 4 is 33.7 Å². The van der Waals surface area contributed by atoms with Gasteiger partial charge >= 0.3 is 5.97 Å². The number of halogens is 1. The standard InChI is InChI=1S/C14H19BrN2O2S/c1-9(20-12-6-3-10(15)8-16-12)7-14(2,13(18)19)17-11-4-5-11/h3,6,8-9,11,17H,4-5,7H2,1-2H3,(H,18,19). The first-order valence-corrected chi connectivity index (χ1v) is 8.35. The van der Waals surface area contributed by atoms with E-state index in [1.807, 2.05) is 19.1 Å². The van der Waals surface area contributed by atoms with Crippen LogP contribution in [0.2, 0.25) is 0 Å². The van der Waals surface area contributed by atoms with Crippen LogP contribution in [-0.4, -0.2) is 32.9 Å². The van der Waals surface area contributed by atoms with E-state index < -0.39 is 11.5 Å². The number of nitrogens with zero attached hydrogens (tertiary/aromatic N) is 1. The average Bonchev–Trinajstić information content (AvgIpc) is 3.15. The van der Waals surface area contributed by atoms with Gasteiger partial charge in [0, 0.05) is 22.0 Å². The molecule has 0 spiro atoms. The number of hydrogen-bond donors (Lipinski definition) is 2. The Balaban J connectivity index is 1.95. The molecule has 2 N–H and O–H groups in total. The molecule has 4 nitrogen and oxygen atoms in total. The predicted molar refractivity (Wildman–Crippen MR) is 84.1 cm³/mol. The molecule has 1 fully saturated rings. The molecular formula is C14H19BrN2O2S. The maximum Gasteiger partial charge on any atom is 0.323 e. The van der Waals surface area contributed by atoms with Crippen LogP contribution in [0.15, 0.2) is 27.8 Å². The number of aromatic nitrogens is 1. The first kappa shape index (κ1) is 15.8. The summed E-state index contributed by atoms with van der Waals surface area (Å²) < 4.78 is 0.945. The highest BCUT2D eigenvalue weighted by molar-refractivity contribution is 9.10. The number of carboxylic acids is 1. The van der Waals surface area contributed by atoms with Gasteiger partial charge in [0.15, 0.2) is 0 Å². The summed E-state index contributed by atoms with van der Waals surface area (Å²) >= 11 is 4.96. The monoisotopic (exact) mass is 358 g/mol. The van der Waals surface area contributed by atoms with E-state index in [1.165, 1.54) is 0 Å². The largest absolute Gasteiger partial charge is 0.480 e. The molecule has 1 aliphatic carbocycles. The van der Waals surface area contributed by atoms with Crippen molar-refractivity contribution in [1.82, 2.24) is 10.3 Å². The summed E-state index contributed by atoms with van der Waals surface area (Å²) in [7, 11) is 0. The molecule has 1 saturated carbocycles. The van der Waals surface area contributed by atoms with Gasteiger partial charge in [0.1, 0.15) is 5.54 Å². The third kappa shape index (κ3) is 4.46. The Labute approximate surface area is 131 Å². The molecule has 0 aliphatic heterocycles. The van der Waals surface area contributed by atoms with Crippen LogP contribution in [-0.2, 0) is 4.79 Å². The Morgan fingerprint density at radius 1 is 1.65 bits per heavy atom. The van der Waals surface area contributed by atoms with Crippen LogP contribution in [0.1, 0.15) is 33.1 Å². The zero-order valence-corrected chi connectivity index (χ0v) is 14.0. The van der Waals surface area contributed by atoms with Crippen LogP contribution >= 0.6 is 27.7 Å². The molecule has 0 saturated heterocycles. The number of carboxylic acid groups (broad SMARTS) is 1.